The molecule has 0 spiro atoms. The van der Waals surface area contributed by atoms with Crippen LogP contribution in [0.15, 0.2) is 73.2 Å². The molecule has 1 aliphatic rings. The lowest BCUT2D eigenvalue weighted by Gasteiger charge is -2.12. The molecular weight excluding hydrogens is 569 g/mol. The zero-order valence-corrected chi connectivity index (χ0v) is 23.7. The number of H-pyrrole nitrogens is 2. The van der Waals surface area contributed by atoms with E-state index in [1.165, 1.54) is 6.07 Å². The third-order valence-corrected chi connectivity index (χ3v) is 8.83. The summed E-state index contributed by atoms with van der Waals surface area (Å²) in [6.07, 6.45) is 7.86. The molecule has 1 fully saturated rings. The van der Waals surface area contributed by atoms with E-state index in [9.17, 15) is 17.6 Å². The number of pyridine rings is 2. The molecule has 1 atom stereocenters. The Morgan fingerprint density at radius 1 is 1.02 bits per heavy atom. The lowest BCUT2D eigenvalue weighted by molar-refractivity contribution is -0.117. The molecular formula is C31H26FN7O3S. The molecule has 4 aromatic heterocycles. The highest BCUT2D eigenvalue weighted by Gasteiger charge is 2.29. The summed E-state index contributed by atoms with van der Waals surface area (Å²) >= 11 is 0. The summed E-state index contributed by atoms with van der Waals surface area (Å²) < 4.78 is 38.8. The zero-order valence-electron chi connectivity index (χ0n) is 22.9. The van der Waals surface area contributed by atoms with Crippen molar-refractivity contribution in [2.45, 2.75) is 18.2 Å². The van der Waals surface area contributed by atoms with Crippen LogP contribution in [0.1, 0.15) is 23.8 Å². The van der Waals surface area contributed by atoms with Crippen LogP contribution in [0, 0.1) is 11.7 Å². The van der Waals surface area contributed by atoms with Crippen LogP contribution in [0.25, 0.3) is 55.6 Å². The SMILES string of the molecule is CS(=O)(=O)C(N)c1cc(F)cc(-c2cccc3[nH]c(-c4n[nH]c5cnc(-c6cncc(NC(=O)C7CC7)c6)cc45)cc23)c1. The molecule has 10 nitrogen and oxygen atoms in total. The molecule has 1 amide bonds. The van der Waals surface area contributed by atoms with E-state index in [-0.39, 0.29) is 17.4 Å². The molecule has 0 bridgehead atoms. The zero-order chi connectivity index (χ0) is 29.9. The lowest BCUT2D eigenvalue weighted by atomic mass is 9.99. The second-order valence-electron chi connectivity index (χ2n) is 10.9. The number of nitrogens with zero attached hydrogens (tertiary/aromatic N) is 3. The Hall–Kier alpha value is -4.94. The molecule has 43 heavy (non-hydrogen) atoms. The van der Waals surface area contributed by atoms with E-state index in [1.807, 2.05) is 36.4 Å². The second-order valence-corrected chi connectivity index (χ2v) is 13.1. The van der Waals surface area contributed by atoms with Crippen LogP contribution in [0.5, 0.6) is 0 Å². The number of fused-ring (bicyclic) bond motifs is 2. The lowest BCUT2D eigenvalue weighted by Crippen LogP contribution is -2.20. The Labute approximate surface area is 245 Å². The van der Waals surface area contributed by atoms with Crippen LogP contribution >= 0.6 is 0 Å². The molecule has 0 saturated heterocycles. The molecule has 1 unspecified atom stereocenters. The van der Waals surface area contributed by atoms with Gasteiger partial charge in [-0.2, -0.15) is 5.10 Å². The number of sulfone groups is 1. The fourth-order valence-corrected chi connectivity index (χ4v) is 5.86. The van der Waals surface area contributed by atoms with Gasteiger partial charge in [0, 0.05) is 40.2 Å². The maximum absolute atomic E-state index is 14.7. The molecule has 2 aromatic carbocycles. The summed E-state index contributed by atoms with van der Waals surface area (Å²) in [4.78, 5) is 24.5. The van der Waals surface area contributed by atoms with Gasteiger partial charge in [0.2, 0.25) is 5.91 Å². The standard InChI is InChI=1S/C31H26FN7O3S/c1-43(41,42)30(33)18-7-17(8-20(32)9-18)22-3-2-4-25-23(22)11-27(37-25)29-24-12-26(35-15-28(24)38-39-29)19-10-21(14-34-13-19)36-31(40)16-5-6-16/h2-4,7-16,30,37H,5-6,33H2,1H3,(H,36,40)(H,38,39). The molecule has 5 N–H and O–H groups in total. The normalized spacial score (nSPS) is 14.3. The largest absolute Gasteiger partial charge is 0.353 e. The highest BCUT2D eigenvalue weighted by atomic mass is 32.2. The van der Waals surface area contributed by atoms with E-state index in [0.717, 1.165) is 58.2 Å². The number of anilines is 1. The quantitative estimate of drug-likeness (QED) is 0.194. The Morgan fingerprint density at radius 2 is 1.86 bits per heavy atom. The number of aromatic amines is 2. The minimum Gasteiger partial charge on any atom is -0.353 e. The minimum atomic E-state index is -3.63. The van der Waals surface area contributed by atoms with Crippen LogP contribution in [-0.4, -0.2) is 45.7 Å². The van der Waals surface area contributed by atoms with Gasteiger partial charge in [-0.25, -0.2) is 12.8 Å². The number of carbonyl (C=O) groups excluding carboxylic acids is 1. The second kappa shape index (κ2) is 10.1. The Bertz CT molecular complexity index is 2170. The predicted octanol–water partition coefficient (Wildman–Crippen LogP) is 5.32. The number of carbonyl (C=O) groups is 1. The Kier molecular flexibility index (Phi) is 6.33. The smallest absolute Gasteiger partial charge is 0.227 e. The average molecular weight is 596 g/mol. The van der Waals surface area contributed by atoms with Gasteiger partial charge in [0.05, 0.1) is 35.0 Å². The maximum Gasteiger partial charge on any atom is 0.227 e. The van der Waals surface area contributed by atoms with Crippen molar-refractivity contribution in [3.05, 3.63) is 84.6 Å². The van der Waals surface area contributed by atoms with Crippen molar-refractivity contribution in [1.82, 2.24) is 25.1 Å². The summed E-state index contributed by atoms with van der Waals surface area (Å²) in [7, 11) is -3.63. The van der Waals surface area contributed by atoms with E-state index in [2.05, 4.69) is 30.5 Å². The van der Waals surface area contributed by atoms with Crippen molar-refractivity contribution >= 4 is 43.2 Å². The van der Waals surface area contributed by atoms with Gasteiger partial charge < -0.3 is 16.0 Å². The van der Waals surface area contributed by atoms with E-state index < -0.39 is 21.0 Å². The third kappa shape index (κ3) is 5.15. The number of benzene rings is 2. The van der Waals surface area contributed by atoms with Crippen molar-refractivity contribution in [2.24, 2.45) is 11.7 Å². The molecule has 216 valence electrons. The number of rotatable bonds is 7. The van der Waals surface area contributed by atoms with Crippen molar-refractivity contribution in [1.29, 1.82) is 0 Å². The van der Waals surface area contributed by atoms with Gasteiger partial charge >= 0.3 is 0 Å². The van der Waals surface area contributed by atoms with E-state index in [1.54, 1.807) is 24.7 Å². The Morgan fingerprint density at radius 3 is 2.65 bits per heavy atom. The molecule has 1 saturated carbocycles. The summed E-state index contributed by atoms with van der Waals surface area (Å²) in [5, 5.41) is 10.8. The number of hydrogen-bond donors (Lipinski definition) is 4. The summed E-state index contributed by atoms with van der Waals surface area (Å²) in [5.74, 6) is -0.495. The molecule has 1 aliphatic carbocycles. The molecule has 6 aromatic rings. The van der Waals surface area contributed by atoms with Gasteiger partial charge in [0.15, 0.2) is 9.84 Å². The van der Waals surface area contributed by atoms with Crippen LogP contribution in [0.2, 0.25) is 0 Å². The predicted molar refractivity (Wildman–Crippen MR) is 163 cm³/mol. The van der Waals surface area contributed by atoms with Crippen molar-refractivity contribution in [3.63, 3.8) is 0 Å². The highest BCUT2D eigenvalue weighted by molar-refractivity contribution is 7.90. The first kappa shape index (κ1) is 26.9. The molecule has 7 rings (SSSR count). The maximum atomic E-state index is 14.7. The first-order chi connectivity index (χ1) is 20.6. The van der Waals surface area contributed by atoms with Gasteiger partial charge in [-0.3, -0.25) is 19.9 Å². The summed E-state index contributed by atoms with van der Waals surface area (Å²) in [6.45, 7) is 0. The van der Waals surface area contributed by atoms with E-state index >= 15 is 0 Å². The molecule has 0 radical (unpaired) electrons. The number of halogens is 1. The Balaban J connectivity index is 1.27. The van der Waals surface area contributed by atoms with Gasteiger partial charge in [0.1, 0.15) is 16.9 Å². The van der Waals surface area contributed by atoms with E-state index in [4.69, 9.17) is 5.73 Å². The highest BCUT2D eigenvalue weighted by Crippen LogP contribution is 2.36. The molecule has 4 heterocycles. The number of hydrogen-bond acceptors (Lipinski definition) is 7. The van der Waals surface area contributed by atoms with Gasteiger partial charge in [-0.1, -0.05) is 12.1 Å². The summed E-state index contributed by atoms with van der Waals surface area (Å²) in [5.41, 5.74) is 12.2. The topological polar surface area (TPSA) is 160 Å². The first-order valence-electron chi connectivity index (χ1n) is 13.6. The van der Waals surface area contributed by atoms with Gasteiger partial charge in [-0.15, -0.1) is 0 Å². The monoisotopic (exact) mass is 595 g/mol. The molecule has 12 heteroatoms. The van der Waals surface area contributed by atoms with Gasteiger partial charge in [0.25, 0.3) is 0 Å². The van der Waals surface area contributed by atoms with Gasteiger partial charge in [-0.05, 0) is 72.0 Å². The van der Waals surface area contributed by atoms with Crippen molar-refractivity contribution in [2.75, 3.05) is 11.6 Å². The number of aromatic nitrogens is 5. The van der Waals surface area contributed by atoms with Crippen LogP contribution in [0.3, 0.4) is 0 Å². The van der Waals surface area contributed by atoms with Crippen molar-refractivity contribution < 1.29 is 17.6 Å². The fourth-order valence-electron chi connectivity index (χ4n) is 5.23. The minimum absolute atomic E-state index is 0.00497. The number of nitrogens with one attached hydrogen (secondary N) is 3. The third-order valence-electron chi connectivity index (χ3n) is 7.64. The summed E-state index contributed by atoms with van der Waals surface area (Å²) in [6, 6.07) is 15.4. The number of amides is 1. The van der Waals surface area contributed by atoms with Crippen LogP contribution in [-0.2, 0) is 14.6 Å². The number of nitrogens with two attached hydrogens (primary N) is 1. The average Bonchev–Trinajstić information content (AvgIpc) is 3.62. The van der Waals surface area contributed by atoms with E-state index in [0.29, 0.717) is 28.2 Å². The fraction of sp³-hybridized carbons (Fsp3) is 0.161. The molecule has 0 aliphatic heterocycles. The first-order valence-corrected chi connectivity index (χ1v) is 15.6. The van der Waals surface area contributed by atoms with Crippen molar-refractivity contribution in [3.8, 4) is 33.8 Å². The van der Waals surface area contributed by atoms with Crippen LogP contribution in [0.4, 0.5) is 10.1 Å². The van der Waals surface area contributed by atoms with Crippen LogP contribution < -0.4 is 11.1 Å².